The molecular formula is C17H15ClF3NO3. The summed E-state index contributed by atoms with van der Waals surface area (Å²) in [6.45, 7) is 1.58. The number of nitrogens with zero attached hydrogens (tertiary/aromatic N) is 1. The molecule has 1 aromatic heterocycles. The van der Waals surface area contributed by atoms with Crippen molar-refractivity contribution in [3.63, 3.8) is 0 Å². The summed E-state index contributed by atoms with van der Waals surface area (Å²) in [5.41, 5.74) is -0.198. The fourth-order valence-electron chi connectivity index (χ4n) is 2.54. The third-order valence-electron chi connectivity index (χ3n) is 3.90. The molecule has 0 N–H and O–H groups in total. The second-order valence-corrected chi connectivity index (χ2v) is 5.88. The van der Waals surface area contributed by atoms with E-state index in [1.807, 2.05) is 0 Å². The first-order valence-corrected chi connectivity index (χ1v) is 7.60. The van der Waals surface area contributed by atoms with Crippen molar-refractivity contribution in [3.05, 3.63) is 57.9 Å². The summed E-state index contributed by atoms with van der Waals surface area (Å²) in [6.07, 6.45) is -4.47. The van der Waals surface area contributed by atoms with Gasteiger partial charge in [-0.3, -0.25) is 9.59 Å². The lowest BCUT2D eigenvalue weighted by molar-refractivity contribution is -0.142. The summed E-state index contributed by atoms with van der Waals surface area (Å²) < 4.78 is 44.0. The molecule has 1 atom stereocenters. The van der Waals surface area contributed by atoms with E-state index in [4.69, 9.17) is 11.6 Å². The number of carbonyl (C=O) groups is 2. The lowest BCUT2D eigenvalue weighted by Gasteiger charge is -2.13. The number of benzene rings is 1. The van der Waals surface area contributed by atoms with Gasteiger partial charge in [-0.25, -0.2) is 0 Å². The molecule has 1 heterocycles. The van der Waals surface area contributed by atoms with Crippen LogP contribution in [-0.4, -0.2) is 23.4 Å². The van der Waals surface area contributed by atoms with Crippen LogP contribution in [0.3, 0.4) is 0 Å². The van der Waals surface area contributed by atoms with Crippen molar-refractivity contribution in [2.45, 2.75) is 19.0 Å². The van der Waals surface area contributed by atoms with Gasteiger partial charge >= 0.3 is 12.1 Å². The zero-order valence-electron chi connectivity index (χ0n) is 13.6. The number of methoxy groups -OCH3 is 1. The van der Waals surface area contributed by atoms with Crippen LogP contribution >= 0.6 is 11.6 Å². The largest absolute Gasteiger partial charge is 0.469 e. The maximum atomic E-state index is 12.6. The zero-order chi connectivity index (χ0) is 18.9. The van der Waals surface area contributed by atoms with Gasteiger partial charge in [0, 0.05) is 12.6 Å². The molecule has 0 aliphatic heterocycles. The van der Waals surface area contributed by atoms with Crippen molar-refractivity contribution in [1.82, 2.24) is 4.57 Å². The molecule has 1 unspecified atom stereocenters. The Hall–Kier alpha value is -2.28. The molecule has 0 saturated heterocycles. The predicted molar refractivity (Wildman–Crippen MR) is 85.7 cm³/mol. The number of alkyl halides is 3. The van der Waals surface area contributed by atoms with E-state index >= 15 is 0 Å². The van der Waals surface area contributed by atoms with Crippen molar-refractivity contribution >= 4 is 23.4 Å². The molecule has 0 aliphatic rings. The number of ether oxygens (including phenoxy) is 1. The van der Waals surface area contributed by atoms with Crippen LogP contribution < -0.4 is 0 Å². The van der Waals surface area contributed by atoms with Crippen LogP contribution in [0.1, 0.15) is 40.2 Å². The molecule has 0 amide bonds. The highest BCUT2D eigenvalue weighted by Crippen LogP contribution is 2.31. The molecule has 2 rings (SSSR count). The summed E-state index contributed by atoms with van der Waals surface area (Å²) in [5, 5.41) is 0.204. The molecule has 0 saturated carbocycles. The van der Waals surface area contributed by atoms with E-state index in [1.54, 1.807) is 14.0 Å². The molecule has 2 aromatic rings. The number of esters is 1. The first-order chi connectivity index (χ1) is 11.6. The molecule has 4 nitrogen and oxygen atoms in total. The van der Waals surface area contributed by atoms with E-state index in [-0.39, 0.29) is 16.3 Å². The molecular weight excluding hydrogens is 359 g/mol. The van der Waals surface area contributed by atoms with Crippen LogP contribution in [0, 0.1) is 0 Å². The highest BCUT2D eigenvalue weighted by atomic mass is 35.5. The Morgan fingerprint density at radius 3 is 2.24 bits per heavy atom. The number of carbonyl (C=O) groups excluding carboxylic acids is 2. The van der Waals surface area contributed by atoms with E-state index in [2.05, 4.69) is 4.74 Å². The van der Waals surface area contributed by atoms with E-state index < -0.39 is 29.4 Å². The smallest absolute Gasteiger partial charge is 0.416 e. The van der Waals surface area contributed by atoms with Crippen LogP contribution in [-0.2, 0) is 22.8 Å². The van der Waals surface area contributed by atoms with Crippen LogP contribution in [0.25, 0.3) is 0 Å². The summed E-state index contributed by atoms with van der Waals surface area (Å²) in [7, 11) is 2.79. The molecule has 25 heavy (non-hydrogen) atoms. The Balaban J connectivity index is 2.39. The monoisotopic (exact) mass is 373 g/mol. The Kier molecular flexibility index (Phi) is 5.27. The molecule has 8 heteroatoms. The third kappa shape index (κ3) is 3.71. The van der Waals surface area contributed by atoms with Gasteiger partial charge in [-0.15, -0.1) is 0 Å². The minimum absolute atomic E-state index is 0.0857. The number of halogens is 4. The topological polar surface area (TPSA) is 48.3 Å². The Bertz CT molecular complexity index is 810. The molecule has 134 valence electrons. The van der Waals surface area contributed by atoms with Crippen molar-refractivity contribution < 1.29 is 27.5 Å². The maximum Gasteiger partial charge on any atom is 0.416 e. The number of aromatic nitrogens is 1. The van der Waals surface area contributed by atoms with Gasteiger partial charge in [0.1, 0.15) is 0 Å². The number of hydrogen-bond acceptors (Lipinski definition) is 3. The molecule has 0 fully saturated rings. The highest BCUT2D eigenvalue weighted by Gasteiger charge is 2.31. The van der Waals surface area contributed by atoms with Gasteiger partial charge in [0.05, 0.1) is 35.0 Å². The molecule has 1 aromatic carbocycles. The lowest BCUT2D eigenvalue weighted by atomic mass is 10.1. The van der Waals surface area contributed by atoms with Crippen LogP contribution in [0.15, 0.2) is 30.3 Å². The Morgan fingerprint density at radius 1 is 1.20 bits per heavy atom. The SMILES string of the molecule is COC(=O)C(C)c1c(Cl)cc(C(=O)c2ccc(C(F)(F)F)cc2)n1C. The van der Waals surface area contributed by atoms with Crippen molar-refractivity contribution in [2.24, 2.45) is 7.05 Å². The molecule has 0 spiro atoms. The van der Waals surface area contributed by atoms with Gasteiger partial charge < -0.3 is 9.30 Å². The van der Waals surface area contributed by atoms with Gasteiger partial charge in [-0.1, -0.05) is 23.7 Å². The fraction of sp³-hybridized carbons (Fsp3) is 0.294. The summed E-state index contributed by atoms with van der Waals surface area (Å²) in [6, 6.07) is 5.28. The van der Waals surface area contributed by atoms with Crippen LogP contribution in [0.4, 0.5) is 13.2 Å². The average molecular weight is 374 g/mol. The number of ketones is 1. The van der Waals surface area contributed by atoms with Gasteiger partial charge in [0.25, 0.3) is 0 Å². The second kappa shape index (κ2) is 6.92. The van der Waals surface area contributed by atoms with E-state index in [0.29, 0.717) is 5.69 Å². The Labute approximate surface area is 147 Å². The van der Waals surface area contributed by atoms with Crippen molar-refractivity contribution in [3.8, 4) is 0 Å². The minimum Gasteiger partial charge on any atom is -0.469 e. The van der Waals surface area contributed by atoms with Gasteiger partial charge in [-0.05, 0) is 25.1 Å². The van der Waals surface area contributed by atoms with E-state index in [1.165, 1.54) is 17.7 Å². The number of hydrogen-bond donors (Lipinski definition) is 0. The first-order valence-electron chi connectivity index (χ1n) is 7.22. The molecule has 0 aliphatic carbocycles. The van der Waals surface area contributed by atoms with Crippen LogP contribution in [0.5, 0.6) is 0 Å². The minimum atomic E-state index is -4.47. The van der Waals surface area contributed by atoms with E-state index in [9.17, 15) is 22.8 Å². The van der Waals surface area contributed by atoms with E-state index in [0.717, 1.165) is 24.3 Å². The second-order valence-electron chi connectivity index (χ2n) is 5.47. The fourth-order valence-corrected chi connectivity index (χ4v) is 2.94. The maximum absolute atomic E-state index is 12.6. The quantitative estimate of drug-likeness (QED) is 0.596. The summed E-state index contributed by atoms with van der Waals surface area (Å²) in [5.74, 6) is -1.71. The lowest BCUT2D eigenvalue weighted by Crippen LogP contribution is -2.16. The summed E-state index contributed by atoms with van der Waals surface area (Å²) >= 11 is 6.13. The third-order valence-corrected chi connectivity index (χ3v) is 4.21. The highest BCUT2D eigenvalue weighted by molar-refractivity contribution is 6.32. The average Bonchev–Trinajstić information content (AvgIpc) is 2.86. The molecule has 0 bridgehead atoms. The van der Waals surface area contributed by atoms with Crippen molar-refractivity contribution in [1.29, 1.82) is 0 Å². The van der Waals surface area contributed by atoms with Gasteiger partial charge in [-0.2, -0.15) is 13.2 Å². The normalized spacial score (nSPS) is 12.8. The Morgan fingerprint density at radius 2 is 1.76 bits per heavy atom. The zero-order valence-corrected chi connectivity index (χ0v) is 14.4. The van der Waals surface area contributed by atoms with Gasteiger partial charge in [0.15, 0.2) is 0 Å². The standard InChI is InChI=1S/C17H15ClF3NO3/c1-9(16(24)25-3)14-12(18)8-13(22(14)2)15(23)10-4-6-11(7-5-10)17(19,20)21/h4-9H,1-3H3. The van der Waals surface area contributed by atoms with Crippen LogP contribution in [0.2, 0.25) is 5.02 Å². The van der Waals surface area contributed by atoms with Gasteiger partial charge in [0.2, 0.25) is 5.78 Å². The predicted octanol–water partition coefficient (Wildman–Crippen LogP) is 4.20. The molecule has 0 radical (unpaired) electrons. The first kappa shape index (κ1) is 19.1. The summed E-state index contributed by atoms with van der Waals surface area (Å²) in [4.78, 5) is 24.3. The van der Waals surface area contributed by atoms with Crippen molar-refractivity contribution in [2.75, 3.05) is 7.11 Å². The number of rotatable bonds is 4.